The Morgan fingerprint density at radius 1 is 1.45 bits per heavy atom. The summed E-state index contributed by atoms with van der Waals surface area (Å²) in [5, 5.41) is 14.5. The molecule has 0 spiro atoms. The van der Waals surface area contributed by atoms with E-state index < -0.39 is 0 Å². The summed E-state index contributed by atoms with van der Waals surface area (Å²) < 4.78 is 5.32. The van der Waals surface area contributed by atoms with Crippen molar-refractivity contribution in [3.8, 4) is 5.75 Å². The zero-order valence-corrected chi connectivity index (χ0v) is 12.1. The Morgan fingerprint density at radius 2 is 2.15 bits per heavy atom. The topological polar surface area (TPSA) is 64.4 Å². The summed E-state index contributed by atoms with van der Waals surface area (Å²) in [5.41, 5.74) is 0.665. The number of nitro groups is 1. The minimum absolute atomic E-state index is 0.0841. The third-order valence-electron chi connectivity index (χ3n) is 3.97. The molecule has 0 radical (unpaired) electrons. The van der Waals surface area contributed by atoms with Gasteiger partial charge in [-0.2, -0.15) is 0 Å². The van der Waals surface area contributed by atoms with Crippen molar-refractivity contribution >= 4 is 11.4 Å². The summed E-state index contributed by atoms with van der Waals surface area (Å²) in [5.74, 6) is 1.15. The van der Waals surface area contributed by atoms with Gasteiger partial charge < -0.3 is 10.1 Å². The minimum atomic E-state index is -0.355. The van der Waals surface area contributed by atoms with E-state index in [4.69, 9.17) is 4.74 Å². The third kappa shape index (κ3) is 3.40. The summed E-state index contributed by atoms with van der Waals surface area (Å²) in [6.07, 6.45) is 4.95. The molecule has 1 aliphatic rings. The lowest BCUT2D eigenvalue weighted by Gasteiger charge is -2.21. The maximum Gasteiger partial charge on any atom is 0.296 e. The summed E-state index contributed by atoms with van der Waals surface area (Å²) in [4.78, 5) is 10.8. The molecule has 2 rings (SSSR count). The number of nitro benzene ring substituents is 1. The normalized spacial score (nSPS) is 16.9. The highest BCUT2D eigenvalue weighted by atomic mass is 16.6. The summed E-state index contributed by atoms with van der Waals surface area (Å²) >= 11 is 0. The number of ether oxygens (including phenoxy) is 1. The molecule has 1 aromatic rings. The lowest BCUT2D eigenvalue weighted by Crippen LogP contribution is -2.24. The van der Waals surface area contributed by atoms with Gasteiger partial charge in [-0.1, -0.05) is 12.8 Å². The fourth-order valence-corrected chi connectivity index (χ4v) is 2.86. The van der Waals surface area contributed by atoms with Crippen molar-refractivity contribution in [3.63, 3.8) is 0 Å². The molecule has 0 saturated heterocycles. The predicted molar refractivity (Wildman–Crippen MR) is 79.3 cm³/mol. The van der Waals surface area contributed by atoms with Crippen LogP contribution < -0.4 is 10.1 Å². The number of rotatable bonds is 6. The summed E-state index contributed by atoms with van der Waals surface area (Å²) in [6, 6.07) is 5.27. The van der Waals surface area contributed by atoms with Crippen LogP contribution in [0.1, 0.15) is 39.5 Å². The number of hydrogen-bond donors (Lipinski definition) is 1. The highest BCUT2D eigenvalue weighted by Gasteiger charge is 2.24. The SMILES string of the molecule is CCOc1ccc(NC(C)C2CCCC2)c([N+](=O)[O-])c1. The number of anilines is 1. The first-order chi connectivity index (χ1) is 9.61. The van der Waals surface area contributed by atoms with Gasteiger partial charge in [0.05, 0.1) is 17.6 Å². The highest BCUT2D eigenvalue weighted by molar-refractivity contribution is 5.64. The van der Waals surface area contributed by atoms with Crippen molar-refractivity contribution in [2.24, 2.45) is 5.92 Å². The van der Waals surface area contributed by atoms with Crippen LogP contribution in [0.15, 0.2) is 18.2 Å². The van der Waals surface area contributed by atoms with Crippen LogP contribution in [0, 0.1) is 16.0 Å². The molecule has 5 nitrogen and oxygen atoms in total. The minimum Gasteiger partial charge on any atom is -0.494 e. The Bertz CT molecular complexity index is 470. The maximum atomic E-state index is 11.2. The average Bonchev–Trinajstić information content (AvgIpc) is 2.94. The standard InChI is InChI=1S/C15H22N2O3/c1-3-20-13-8-9-14(15(10-13)17(18)19)16-11(2)12-6-4-5-7-12/h8-12,16H,3-7H2,1-2H3. The van der Waals surface area contributed by atoms with Gasteiger partial charge in [-0.15, -0.1) is 0 Å². The van der Waals surface area contributed by atoms with E-state index in [9.17, 15) is 10.1 Å². The molecule has 5 heteroatoms. The molecule has 1 aromatic carbocycles. The predicted octanol–water partition coefficient (Wildman–Crippen LogP) is 3.98. The van der Waals surface area contributed by atoms with Gasteiger partial charge in [-0.3, -0.25) is 10.1 Å². The molecule has 0 amide bonds. The van der Waals surface area contributed by atoms with Crippen molar-refractivity contribution in [1.29, 1.82) is 0 Å². The zero-order valence-electron chi connectivity index (χ0n) is 12.1. The zero-order chi connectivity index (χ0) is 14.5. The molecule has 0 aliphatic heterocycles. The van der Waals surface area contributed by atoms with E-state index in [0.29, 0.717) is 24.0 Å². The molecule has 0 bridgehead atoms. The Hall–Kier alpha value is -1.78. The van der Waals surface area contributed by atoms with Gasteiger partial charge in [0, 0.05) is 6.04 Å². The molecule has 1 atom stereocenters. The van der Waals surface area contributed by atoms with Crippen LogP contribution in [-0.4, -0.2) is 17.6 Å². The number of hydrogen-bond acceptors (Lipinski definition) is 4. The fourth-order valence-electron chi connectivity index (χ4n) is 2.86. The van der Waals surface area contributed by atoms with E-state index in [-0.39, 0.29) is 16.7 Å². The van der Waals surface area contributed by atoms with Gasteiger partial charge in [-0.25, -0.2) is 0 Å². The molecule has 20 heavy (non-hydrogen) atoms. The number of nitrogens with one attached hydrogen (secondary N) is 1. The Morgan fingerprint density at radius 3 is 2.75 bits per heavy atom. The quantitative estimate of drug-likeness (QED) is 0.631. The Kier molecular flexibility index (Phi) is 4.82. The van der Waals surface area contributed by atoms with Gasteiger partial charge >= 0.3 is 0 Å². The summed E-state index contributed by atoms with van der Waals surface area (Å²) in [7, 11) is 0. The molecular weight excluding hydrogens is 256 g/mol. The molecule has 0 aromatic heterocycles. The van der Waals surface area contributed by atoms with Crippen LogP contribution in [0.5, 0.6) is 5.75 Å². The lowest BCUT2D eigenvalue weighted by molar-refractivity contribution is -0.384. The molecule has 0 heterocycles. The maximum absolute atomic E-state index is 11.2. The highest BCUT2D eigenvalue weighted by Crippen LogP contribution is 2.33. The fraction of sp³-hybridized carbons (Fsp3) is 0.600. The molecular formula is C15H22N2O3. The van der Waals surface area contributed by atoms with E-state index in [1.54, 1.807) is 12.1 Å². The average molecular weight is 278 g/mol. The molecule has 1 saturated carbocycles. The van der Waals surface area contributed by atoms with Gasteiger partial charge in [-0.05, 0) is 44.7 Å². The van der Waals surface area contributed by atoms with Crippen LogP contribution in [0.25, 0.3) is 0 Å². The summed E-state index contributed by atoms with van der Waals surface area (Å²) in [6.45, 7) is 4.47. The molecule has 1 fully saturated rings. The molecule has 110 valence electrons. The van der Waals surface area contributed by atoms with E-state index in [1.807, 2.05) is 6.92 Å². The van der Waals surface area contributed by atoms with E-state index in [2.05, 4.69) is 12.2 Å². The first kappa shape index (κ1) is 14.6. The van der Waals surface area contributed by atoms with Crippen LogP contribution in [0.4, 0.5) is 11.4 Å². The van der Waals surface area contributed by atoms with Gasteiger partial charge in [0.25, 0.3) is 5.69 Å². The lowest BCUT2D eigenvalue weighted by atomic mass is 9.99. The second-order valence-electron chi connectivity index (χ2n) is 5.35. The second-order valence-corrected chi connectivity index (χ2v) is 5.35. The van der Waals surface area contributed by atoms with E-state index in [0.717, 1.165) is 0 Å². The third-order valence-corrected chi connectivity index (χ3v) is 3.97. The van der Waals surface area contributed by atoms with Crippen molar-refractivity contribution in [1.82, 2.24) is 0 Å². The smallest absolute Gasteiger partial charge is 0.296 e. The van der Waals surface area contributed by atoms with Crippen LogP contribution in [0.2, 0.25) is 0 Å². The van der Waals surface area contributed by atoms with Gasteiger partial charge in [0.2, 0.25) is 0 Å². The van der Waals surface area contributed by atoms with Gasteiger partial charge in [0.1, 0.15) is 11.4 Å². The molecule has 1 unspecified atom stereocenters. The first-order valence-electron chi connectivity index (χ1n) is 7.29. The van der Waals surface area contributed by atoms with Crippen LogP contribution >= 0.6 is 0 Å². The van der Waals surface area contributed by atoms with Crippen molar-refractivity contribution in [2.75, 3.05) is 11.9 Å². The monoisotopic (exact) mass is 278 g/mol. The Labute approximate surface area is 119 Å². The van der Waals surface area contributed by atoms with Crippen molar-refractivity contribution in [3.05, 3.63) is 28.3 Å². The second kappa shape index (κ2) is 6.59. The molecule has 1 N–H and O–H groups in total. The number of nitrogens with zero attached hydrogens (tertiary/aromatic N) is 1. The largest absolute Gasteiger partial charge is 0.494 e. The molecule has 1 aliphatic carbocycles. The van der Waals surface area contributed by atoms with E-state index >= 15 is 0 Å². The number of benzene rings is 1. The van der Waals surface area contributed by atoms with Crippen molar-refractivity contribution in [2.45, 2.75) is 45.6 Å². The van der Waals surface area contributed by atoms with E-state index in [1.165, 1.54) is 31.7 Å². The first-order valence-corrected chi connectivity index (χ1v) is 7.29. The van der Waals surface area contributed by atoms with Crippen LogP contribution in [0.3, 0.4) is 0 Å². The van der Waals surface area contributed by atoms with Crippen molar-refractivity contribution < 1.29 is 9.66 Å². The van der Waals surface area contributed by atoms with Gasteiger partial charge in [0.15, 0.2) is 0 Å². The van der Waals surface area contributed by atoms with Crippen LogP contribution in [-0.2, 0) is 0 Å². The Balaban J connectivity index is 2.15.